The van der Waals surface area contributed by atoms with Crippen LogP contribution in [0.1, 0.15) is 5.56 Å². The number of aromatic nitrogens is 3. The van der Waals surface area contributed by atoms with E-state index in [1.807, 2.05) is 48.7 Å². The van der Waals surface area contributed by atoms with E-state index in [2.05, 4.69) is 15.4 Å². The van der Waals surface area contributed by atoms with Gasteiger partial charge in [0, 0.05) is 22.3 Å². The number of imidazole rings is 1. The summed E-state index contributed by atoms with van der Waals surface area (Å²) in [4.78, 5) is 16.8. The largest absolute Gasteiger partial charge is 0.480 e. The fourth-order valence-corrected chi connectivity index (χ4v) is 2.96. The predicted molar refractivity (Wildman–Crippen MR) is 109 cm³/mol. The number of amides is 1. The Morgan fingerprint density at radius 3 is 2.54 bits per heavy atom. The third-order valence-corrected chi connectivity index (χ3v) is 4.50. The lowest BCUT2D eigenvalue weighted by Crippen LogP contribution is -2.14. The zero-order valence-corrected chi connectivity index (χ0v) is 15.8. The molecule has 0 spiro atoms. The molecule has 0 saturated heterocycles. The van der Waals surface area contributed by atoms with Crippen molar-refractivity contribution >= 4 is 28.8 Å². The lowest BCUT2D eigenvalue weighted by atomic mass is 10.1. The van der Waals surface area contributed by atoms with Crippen LogP contribution in [0.5, 0.6) is 5.88 Å². The van der Waals surface area contributed by atoms with Gasteiger partial charge in [0.2, 0.25) is 11.8 Å². The van der Waals surface area contributed by atoms with Crippen molar-refractivity contribution in [2.24, 2.45) is 0 Å². The topological polar surface area (TPSA) is 68.5 Å². The Kier molecular flexibility index (Phi) is 4.95. The second-order valence-corrected chi connectivity index (χ2v) is 6.67. The Labute approximate surface area is 166 Å². The average Bonchev–Trinajstić information content (AvgIpc) is 3.13. The molecule has 0 saturated carbocycles. The SMILES string of the molecule is COc1ccc2nc(-c3ccc(NC(=O)Cc4ccc(Cl)cc4)cc3)cn2n1. The molecule has 140 valence electrons. The van der Waals surface area contributed by atoms with Crippen LogP contribution in [0.15, 0.2) is 66.9 Å². The number of anilines is 1. The van der Waals surface area contributed by atoms with E-state index in [0.717, 1.165) is 28.2 Å². The van der Waals surface area contributed by atoms with Crippen LogP contribution in [0, 0.1) is 0 Å². The number of rotatable bonds is 5. The Morgan fingerprint density at radius 2 is 1.82 bits per heavy atom. The minimum Gasteiger partial charge on any atom is -0.480 e. The van der Waals surface area contributed by atoms with Crippen LogP contribution in [0.3, 0.4) is 0 Å². The second-order valence-electron chi connectivity index (χ2n) is 6.23. The molecule has 0 unspecified atom stereocenters. The first-order chi connectivity index (χ1) is 13.6. The lowest BCUT2D eigenvalue weighted by Gasteiger charge is -2.06. The van der Waals surface area contributed by atoms with Crippen molar-refractivity contribution in [3.05, 3.63) is 77.4 Å². The van der Waals surface area contributed by atoms with Crippen LogP contribution >= 0.6 is 11.6 Å². The van der Waals surface area contributed by atoms with Gasteiger partial charge in [-0.25, -0.2) is 9.50 Å². The van der Waals surface area contributed by atoms with Crippen LogP contribution in [-0.4, -0.2) is 27.6 Å². The summed E-state index contributed by atoms with van der Waals surface area (Å²) in [6.07, 6.45) is 2.13. The fraction of sp³-hybridized carbons (Fsp3) is 0.0952. The van der Waals surface area contributed by atoms with Gasteiger partial charge in [0.25, 0.3) is 0 Å². The molecule has 4 aromatic rings. The number of halogens is 1. The van der Waals surface area contributed by atoms with Crippen molar-refractivity contribution in [2.45, 2.75) is 6.42 Å². The molecule has 28 heavy (non-hydrogen) atoms. The summed E-state index contributed by atoms with van der Waals surface area (Å²) in [6, 6.07) is 18.4. The maximum atomic E-state index is 12.2. The summed E-state index contributed by atoms with van der Waals surface area (Å²) in [7, 11) is 1.58. The summed E-state index contributed by atoms with van der Waals surface area (Å²) in [5.41, 5.74) is 4.09. The Bertz CT molecular complexity index is 1120. The average molecular weight is 393 g/mol. The molecular formula is C21H17ClN4O2. The molecule has 4 rings (SSSR count). The summed E-state index contributed by atoms with van der Waals surface area (Å²) >= 11 is 5.87. The van der Waals surface area contributed by atoms with Gasteiger partial charge in [0.15, 0.2) is 5.65 Å². The van der Waals surface area contributed by atoms with Crippen LogP contribution in [-0.2, 0) is 11.2 Å². The summed E-state index contributed by atoms with van der Waals surface area (Å²) < 4.78 is 6.81. The highest BCUT2D eigenvalue weighted by molar-refractivity contribution is 6.30. The van der Waals surface area contributed by atoms with Gasteiger partial charge in [-0.3, -0.25) is 4.79 Å². The zero-order valence-electron chi connectivity index (χ0n) is 15.1. The molecule has 0 bridgehead atoms. The number of benzene rings is 2. The number of ether oxygens (including phenoxy) is 1. The van der Waals surface area contributed by atoms with Crippen molar-refractivity contribution in [1.82, 2.24) is 14.6 Å². The van der Waals surface area contributed by atoms with Gasteiger partial charge in [0.05, 0.1) is 25.4 Å². The molecule has 0 atom stereocenters. The Hall–Kier alpha value is -3.38. The molecule has 2 aromatic heterocycles. The number of nitrogens with one attached hydrogen (secondary N) is 1. The molecule has 1 amide bonds. The molecular weight excluding hydrogens is 376 g/mol. The van der Waals surface area contributed by atoms with Gasteiger partial charge >= 0.3 is 0 Å². The summed E-state index contributed by atoms with van der Waals surface area (Å²) in [6.45, 7) is 0. The maximum absolute atomic E-state index is 12.2. The van der Waals surface area contributed by atoms with E-state index in [-0.39, 0.29) is 5.91 Å². The van der Waals surface area contributed by atoms with E-state index in [1.165, 1.54) is 0 Å². The van der Waals surface area contributed by atoms with Gasteiger partial charge in [-0.15, -0.1) is 5.10 Å². The smallest absolute Gasteiger partial charge is 0.231 e. The minimum absolute atomic E-state index is 0.0842. The number of methoxy groups -OCH3 is 1. The molecule has 0 aliphatic carbocycles. The molecule has 1 N–H and O–H groups in total. The third-order valence-electron chi connectivity index (χ3n) is 4.25. The predicted octanol–water partition coefficient (Wildman–Crippen LogP) is 4.24. The first-order valence-corrected chi connectivity index (χ1v) is 9.04. The number of hydrogen-bond acceptors (Lipinski definition) is 4. The van der Waals surface area contributed by atoms with E-state index in [1.54, 1.807) is 29.8 Å². The highest BCUT2D eigenvalue weighted by atomic mass is 35.5. The third kappa shape index (κ3) is 3.97. The first-order valence-electron chi connectivity index (χ1n) is 8.66. The lowest BCUT2D eigenvalue weighted by molar-refractivity contribution is -0.115. The number of nitrogens with zero attached hydrogens (tertiary/aromatic N) is 3. The monoisotopic (exact) mass is 392 g/mol. The zero-order chi connectivity index (χ0) is 19.5. The Balaban J connectivity index is 1.46. The number of carbonyl (C=O) groups is 1. The summed E-state index contributed by atoms with van der Waals surface area (Å²) in [5, 5.41) is 7.86. The second kappa shape index (κ2) is 7.70. The first kappa shape index (κ1) is 18.0. The van der Waals surface area contributed by atoms with Gasteiger partial charge in [0.1, 0.15) is 0 Å². The van der Waals surface area contributed by atoms with Gasteiger partial charge in [-0.1, -0.05) is 35.9 Å². The van der Waals surface area contributed by atoms with Crippen molar-refractivity contribution in [2.75, 3.05) is 12.4 Å². The van der Waals surface area contributed by atoms with Crippen molar-refractivity contribution in [3.8, 4) is 17.1 Å². The van der Waals surface area contributed by atoms with Crippen LogP contribution < -0.4 is 10.1 Å². The molecule has 7 heteroatoms. The van der Waals surface area contributed by atoms with Gasteiger partial charge in [-0.2, -0.15) is 0 Å². The molecule has 0 fully saturated rings. The normalized spacial score (nSPS) is 10.8. The number of hydrogen-bond donors (Lipinski definition) is 1. The van der Waals surface area contributed by atoms with Crippen molar-refractivity contribution in [1.29, 1.82) is 0 Å². The van der Waals surface area contributed by atoms with E-state index < -0.39 is 0 Å². The highest BCUT2D eigenvalue weighted by Crippen LogP contribution is 2.22. The quantitative estimate of drug-likeness (QED) is 0.551. The molecule has 2 aromatic carbocycles. The van der Waals surface area contributed by atoms with E-state index in [4.69, 9.17) is 16.3 Å². The maximum Gasteiger partial charge on any atom is 0.231 e. The van der Waals surface area contributed by atoms with Gasteiger partial charge in [-0.05, 0) is 35.9 Å². The minimum atomic E-state index is -0.0842. The molecule has 0 radical (unpaired) electrons. The van der Waals surface area contributed by atoms with Crippen molar-refractivity contribution in [3.63, 3.8) is 0 Å². The number of fused-ring (bicyclic) bond motifs is 1. The fourth-order valence-electron chi connectivity index (χ4n) is 2.83. The Morgan fingerprint density at radius 1 is 1.07 bits per heavy atom. The van der Waals surface area contributed by atoms with E-state index in [9.17, 15) is 4.79 Å². The standard InChI is InChI=1S/C21H17ClN4O2/c1-28-21-11-10-19-24-18(13-26(19)25-21)15-4-8-17(9-5-15)23-20(27)12-14-2-6-16(22)7-3-14/h2-11,13H,12H2,1H3,(H,23,27). The van der Waals surface area contributed by atoms with E-state index in [0.29, 0.717) is 17.3 Å². The summed E-state index contributed by atoms with van der Waals surface area (Å²) in [5.74, 6) is 0.439. The number of carbonyl (C=O) groups excluding carboxylic acids is 1. The van der Waals surface area contributed by atoms with Crippen LogP contribution in [0.2, 0.25) is 5.02 Å². The van der Waals surface area contributed by atoms with Crippen LogP contribution in [0.25, 0.3) is 16.9 Å². The molecule has 0 aliphatic rings. The highest BCUT2D eigenvalue weighted by Gasteiger charge is 2.08. The molecule has 2 heterocycles. The van der Waals surface area contributed by atoms with Crippen LogP contribution in [0.4, 0.5) is 5.69 Å². The van der Waals surface area contributed by atoms with Crippen molar-refractivity contribution < 1.29 is 9.53 Å². The molecule has 0 aliphatic heterocycles. The van der Waals surface area contributed by atoms with E-state index >= 15 is 0 Å². The molecule has 6 nitrogen and oxygen atoms in total. The van der Waals surface area contributed by atoms with Gasteiger partial charge < -0.3 is 10.1 Å².